The molecule has 1 aromatic rings. The van der Waals surface area contributed by atoms with Gasteiger partial charge in [0.1, 0.15) is 11.5 Å². The van der Waals surface area contributed by atoms with Crippen LogP contribution < -0.4 is 5.32 Å². The summed E-state index contributed by atoms with van der Waals surface area (Å²) in [4.78, 5) is 16.2. The number of carbonyl (C=O) groups is 1. The van der Waals surface area contributed by atoms with Gasteiger partial charge in [-0.05, 0) is 50.8 Å². The van der Waals surface area contributed by atoms with E-state index in [1.165, 1.54) is 25.1 Å². The van der Waals surface area contributed by atoms with E-state index in [2.05, 4.69) is 14.7 Å². The molecule has 1 fully saturated rings. The Balaban J connectivity index is 1.85. The van der Waals surface area contributed by atoms with E-state index in [1.807, 2.05) is 0 Å². The Hall–Kier alpha value is -2.50. The van der Waals surface area contributed by atoms with Gasteiger partial charge in [0.05, 0.1) is 11.6 Å². The molecule has 3 rings (SSSR count). The van der Waals surface area contributed by atoms with Crippen molar-refractivity contribution >= 4 is 27.6 Å². The minimum Gasteiger partial charge on any atom is -0.305 e. The summed E-state index contributed by atoms with van der Waals surface area (Å²) in [6.07, 6.45) is -3.05. The van der Waals surface area contributed by atoms with Gasteiger partial charge in [0.2, 0.25) is 5.95 Å². The van der Waals surface area contributed by atoms with Crippen molar-refractivity contribution in [2.24, 2.45) is 16.2 Å². The Labute approximate surface area is 171 Å². The predicted octanol–water partition coefficient (Wildman–Crippen LogP) is 3.43. The van der Waals surface area contributed by atoms with Gasteiger partial charge >= 0.3 is 16.4 Å². The van der Waals surface area contributed by atoms with Gasteiger partial charge in [0.25, 0.3) is 5.91 Å². The molecule has 1 aliphatic heterocycles. The zero-order chi connectivity index (χ0) is 22.1. The van der Waals surface area contributed by atoms with Crippen molar-refractivity contribution in [2.45, 2.75) is 38.8 Å². The summed E-state index contributed by atoms with van der Waals surface area (Å²) < 4.78 is 81.6. The zero-order valence-electron chi connectivity index (χ0n) is 16.0. The van der Waals surface area contributed by atoms with E-state index < -0.39 is 40.1 Å². The quantitative estimate of drug-likeness (QED) is 0.564. The Morgan fingerprint density at radius 1 is 1.23 bits per heavy atom. The molecular formula is C18H20F4N4O3S. The van der Waals surface area contributed by atoms with Crippen molar-refractivity contribution in [3.63, 3.8) is 0 Å². The second kappa shape index (κ2) is 8.32. The minimum atomic E-state index is -4.29. The van der Waals surface area contributed by atoms with Crippen LogP contribution in [0.5, 0.6) is 0 Å². The van der Waals surface area contributed by atoms with E-state index in [0.717, 1.165) is 10.4 Å². The molecule has 1 aliphatic carbocycles. The number of amides is 1. The van der Waals surface area contributed by atoms with Crippen LogP contribution in [0.4, 0.5) is 23.4 Å². The van der Waals surface area contributed by atoms with E-state index in [1.54, 1.807) is 0 Å². The van der Waals surface area contributed by atoms with Crippen molar-refractivity contribution in [1.29, 1.82) is 0 Å². The smallest absolute Gasteiger partial charge is 0.305 e. The molecule has 0 saturated heterocycles. The summed E-state index contributed by atoms with van der Waals surface area (Å²) >= 11 is 0. The number of pyridine rings is 1. The van der Waals surface area contributed by atoms with Crippen LogP contribution in [0.15, 0.2) is 34.4 Å². The normalized spacial score (nSPS) is 24.1. The zero-order valence-corrected chi connectivity index (χ0v) is 16.8. The fourth-order valence-corrected chi connectivity index (χ4v) is 4.90. The van der Waals surface area contributed by atoms with Crippen LogP contribution in [0.25, 0.3) is 0 Å². The highest BCUT2D eigenvalue weighted by Crippen LogP contribution is 2.40. The first-order valence-electron chi connectivity index (χ1n) is 9.36. The molecule has 30 heavy (non-hydrogen) atoms. The second-order valence-electron chi connectivity index (χ2n) is 7.08. The lowest BCUT2D eigenvalue weighted by Crippen LogP contribution is -2.40. The molecule has 0 aromatic carbocycles. The summed E-state index contributed by atoms with van der Waals surface area (Å²) in [5.41, 5.74) is -0.191. The largest absolute Gasteiger partial charge is 0.391 e. The average Bonchev–Trinajstić information content (AvgIpc) is 2.66. The molecule has 0 unspecified atom stereocenters. The highest BCUT2D eigenvalue weighted by Gasteiger charge is 2.43. The van der Waals surface area contributed by atoms with Crippen molar-refractivity contribution in [1.82, 2.24) is 9.29 Å². The molecule has 0 bridgehead atoms. The van der Waals surface area contributed by atoms with Gasteiger partial charge in [-0.25, -0.2) is 9.29 Å². The number of nitrogens with zero attached hydrogens (tertiary/aromatic N) is 3. The fourth-order valence-electron chi connectivity index (χ4n) is 3.62. The number of likely N-dealkylation sites (N-methyl/N-ethyl adjacent to an activating group) is 1. The highest BCUT2D eigenvalue weighted by atomic mass is 32.2. The lowest BCUT2D eigenvalue weighted by Gasteiger charge is -2.32. The average molecular weight is 448 g/mol. The van der Waals surface area contributed by atoms with Gasteiger partial charge in [0.15, 0.2) is 0 Å². The number of alkyl halides is 3. The van der Waals surface area contributed by atoms with Crippen molar-refractivity contribution < 1.29 is 30.8 Å². The molecule has 164 valence electrons. The Bertz CT molecular complexity index is 983. The number of allylic oxidation sites excluding steroid dienone is 1. The lowest BCUT2D eigenvalue weighted by atomic mass is 9.79. The van der Waals surface area contributed by atoms with Gasteiger partial charge in [-0.2, -0.15) is 26.0 Å². The number of nitrogens with one attached hydrogen (secondary N) is 1. The molecule has 12 heteroatoms. The predicted molar refractivity (Wildman–Crippen MR) is 101 cm³/mol. The van der Waals surface area contributed by atoms with Crippen molar-refractivity contribution in [2.75, 3.05) is 11.9 Å². The van der Waals surface area contributed by atoms with Crippen LogP contribution in [-0.2, 0) is 15.0 Å². The maximum absolute atomic E-state index is 13.3. The number of anilines is 1. The van der Waals surface area contributed by atoms with Crippen LogP contribution >= 0.6 is 0 Å². The van der Waals surface area contributed by atoms with Crippen molar-refractivity contribution in [3.8, 4) is 0 Å². The van der Waals surface area contributed by atoms with Crippen LogP contribution in [0.3, 0.4) is 0 Å². The Morgan fingerprint density at radius 3 is 2.47 bits per heavy atom. The molecular weight excluding hydrogens is 428 g/mol. The maximum atomic E-state index is 13.3. The molecule has 0 radical (unpaired) electrons. The third-order valence-corrected chi connectivity index (χ3v) is 6.59. The van der Waals surface area contributed by atoms with Gasteiger partial charge in [-0.3, -0.25) is 4.79 Å². The van der Waals surface area contributed by atoms with Gasteiger partial charge in [-0.1, -0.05) is 6.07 Å². The van der Waals surface area contributed by atoms with Crippen LogP contribution in [0.1, 0.15) is 32.6 Å². The number of hydrogen-bond donors (Lipinski definition) is 1. The van der Waals surface area contributed by atoms with Crippen LogP contribution in [-0.4, -0.2) is 42.0 Å². The Kier molecular flexibility index (Phi) is 6.16. The summed E-state index contributed by atoms with van der Waals surface area (Å²) in [6, 6.07) is 3.75. The first-order chi connectivity index (χ1) is 14.0. The highest BCUT2D eigenvalue weighted by molar-refractivity contribution is 7.88. The molecule has 2 heterocycles. The first-order valence-corrected chi connectivity index (χ1v) is 10.8. The third-order valence-electron chi connectivity index (χ3n) is 5.14. The molecule has 1 N–H and O–H groups in total. The number of carbonyl (C=O) groups excluding carboxylic acids is 1. The molecule has 1 amide bonds. The van der Waals surface area contributed by atoms with E-state index in [9.17, 15) is 30.8 Å². The topological polar surface area (TPSA) is 91.7 Å². The van der Waals surface area contributed by atoms with E-state index in [4.69, 9.17) is 0 Å². The SMILES string of the molecule is CCN1C(C(=O)Nc2cccc(F)n2)=CC(C2CCC(C(F)(F)F)CC2)=NS1(=O)=O. The fraction of sp³-hybridized carbons (Fsp3) is 0.500. The Morgan fingerprint density at radius 2 is 1.90 bits per heavy atom. The third kappa shape index (κ3) is 4.79. The molecule has 0 atom stereocenters. The van der Waals surface area contributed by atoms with Crippen LogP contribution in [0.2, 0.25) is 0 Å². The summed E-state index contributed by atoms with van der Waals surface area (Å²) in [5, 5.41) is 2.34. The maximum Gasteiger partial charge on any atom is 0.391 e. The van der Waals surface area contributed by atoms with E-state index >= 15 is 0 Å². The lowest BCUT2D eigenvalue weighted by molar-refractivity contribution is -0.182. The summed E-state index contributed by atoms with van der Waals surface area (Å²) in [7, 11) is -4.23. The molecule has 1 saturated carbocycles. The van der Waals surface area contributed by atoms with E-state index in [-0.39, 0.29) is 49.5 Å². The molecule has 0 spiro atoms. The summed E-state index contributed by atoms with van der Waals surface area (Å²) in [6.45, 7) is 1.42. The van der Waals surface area contributed by atoms with E-state index in [0.29, 0.717) is 0 Å². The van der Waals surface area contributed by atoms with Gasteiger partial charge in [0, 0.05) is 12.5 Å². The number of rotatable bonds is 4. The van der Waals surface area contributed by atoms with Crippen molar-refractivity contribution in [3.05, 3.63) is 35.9 Å². The minimum absolute atomic E-state index is 0.0534. The van der Waals surface area contributed by atoms with Gasteiger partial charge in [-0.15, -0.1) is 4.40 Å². The number of hydrogen-bond acceptors (Lipinski definition) is 4. The second-order valence-corrected chi connectivity index (χ2v) is 8.60. The summed E-state index contributed by atoms with van der Waals surface area (Å²) in [5.74, 6) is -3.70. The monoisotopic (exact) mass is 448 g/mol. The van der Waals surface area contributed by atoms with Crippen LogP contribution in [0, 0.1) is 17.8 Å². The first kappa shape index (κ1) is 22.2. The number of aromatic nitrogens is 1. The molecule has 2 aliphatic rings. The van der Waals surface area contributed by atoms with Gasteiger partial charge < -0.3 is 5.32 Å². The molecule has 1 aromatic heterocycles. The number of halogens is 4. The molecule has 7 nitrogen and oxygen atoms in total. The standard InChI is InChI=1S/C18H20F4N4O3S/c1-2-26-14(17(27)24-16-5-3-4-15(19)23-16)10-13(25-30(26,28)29)11-6-8-12(9-7-11)18(20,21)22/h3-5,10-12H,2,6-9H2,1H3,(H,23,24,27).